The molecular weight excluding hydrogens is 1190 g/mol. The molecule has 0 atom stereocenters. The zero-order valence-electron chi connectivity index (χ0n) is 54.1. The van der Waals surface area contributed by atoms with Gasteiger partial charge in [-0.15, -0.1) is 0 Å². The van der Waals surface area contributed by atoms with E-state index in [2.05, 4.69) is 13.8 Å². The highest BCUT2D eigenvalue weighted by atomic mass is 16.5. The largest absolute Gasteiger partial charge is 0.394 e. The van der Waals surface area contributed by atoms with Crippen LogP contribution in [0.15, 0.2) is 0 Å². The molecule has 0 spiro atoms. The standard InChI is InChI=1S/C28H58O.10C3H8O3/c1-3-5-7-9-11-13-15-17-19-21-23-25-27-29-28-26-24-22-20-18-16-14-12-10-8-6-4-2;10*4-1-3(6)2-5/h3-28H2,1-2H3;10*3-6H,1-2H2. The molecule has 0 aromatic carbocycles. The van der Waals surface area contributed by atoms with Crippen LogP contribution in [-0.4, -0.2) is 360 Å². The Bertz CT molecular complexity index is 816. The van der Waals surface area contributed by atoms with Crippen LogP contribution in [0.1, 0.15) is 168 Å². The maximum atomic E-state index is 8.17. The quantitative estimate of drug-likeness (QED) is 0.0252. The van der Waals surface area contributed by atoms with Gasteiger partial charge in [-0.05, 0) is 12.8 Å². The van der Waals surface area contributed by atoms with Crippen molar-refractivity contribution in [2.45, 2.75) is 229 Å². The SMILES string of the molecule is CCCCCCCCCCCCCCOCCCCCCCCCCCCCC.OCC(O)CO.OCC(O)CO.OCC(O)CO.OCC(O)CO.OCC(O)CO.OCC(O)CO.OCC(O)CO.OCC(O)CO.OCC(O)CO.OCC(O)CO. The average molecular weight is 1330 g/mol. The van der Waals surface area contributed by atoms with Gasteiger partial charge in [0.1, 0.15) is 61.0 Å². The fourth-order valence-electron chi connectivity index (χ4n) is 4.77. The summed E-state index contributed by atoms with van der Waals surface area (Å²) in [4.78, 5) is 0. The summed E-state index contributed by atoms with van der Waals surface area (Å²) >= 11 is 0. The molecule has 556 valence electrons. The Labute approximate surface area is 531 Å². The molecule has 31 nitrogen and oxygen atoms in total. The van der Waals surface area contributed by atoms with Crippen molar-refractivity contribution in [3.05, 3.63) is 0 Å². The van der Waals surface area contributed by atoms with Crippen LogP contribution in [0, 0.1) is 0 Å². The highest BCUT2D eigenvalue weighted by molar-refractivity contribution is 4.52. The monoisotopic (exact) mass is 1330 g/mol. The minimum Gasteiger partial charge on any atom is -0.394 e. The van der Waals surface area contributed by atoms with E-state index in [1.54, 1.807) is 0 Å². The number of aliphatic hydroxyl groups is 30. The summed E-state index contributed by atoms with van der Waals surface area (Å²) in [6, 6.07) is 0. The summed E-state index contributed by atoms with van der Waals surface area (Å²) in [6.07, 6.45) is 24.6. The van der Waals surface area contributed by atoms with Crippen LogP contribution in [0.25, 0.3) is 0 Å². The van der Waals surface area contributed by atoms with E-state index in [1.807, 2.05) is 0 Å². The summed E-state index contributed by atoms with van der Waals surface area (Å²) < 4.78 is 5.82. The molecule has 0 rings (SSSR count). The molecule has 0 heterocycles. The lowest BCUT2D eigenvalue weighted by Gasteiger charge is -2.05. The third-order valence-electron chi connectivity index (χ3n) is 10.5. The van der Waals surface area contributed by atoms with Gasteiger partial charge in [0.25, 0.3) is 0 Å². The first-order valence-corrected chi connectivity index (χ1v) is 31.1. The average Bonchev–Trinajstić information content (AvgIpc) is 3.59. The number of hydrogen-bond donors (Lipinski definition) is 30. The number of hydrogen-bond acceptors (Lipinski definition) is 31. The van der Waals surface area contributed by atoms with Crippen LogP contribution >= 0.6 is 0 Å². The lowest BCUT2D eigenvalue weighted by Crippen LogP contribution is -2.15. The summed E-state index contributed by atoms with van der Waals surface area (Å²) in [5.41, 5.74) is 0. The Kier molecular flexibility index (Phi) is 140. The smallest absolute Gasteiger partial charge is 0.100 e. The van der Waals surface area contributed by atoms with E-state index in [1.165, 1.54) is 154 Å². The Balaban J connectivity index is -0.0000000927. The van der Waals surface area contributed by atoms with Gasteiger partial charge < -0.3 is 158 Å². The van der Waals surface area contributed by atoms with Gasteiger partial charge >= 0.3 is 0 Å². The zero-order valence-corrected chi connectivity index (χ0v) is 54.1. The van der Waals surface area contributed by atoms with Crippen molar-refractivity contribution in [3.63, 3.8) is 0 Å². The van der Waals surface area contributed by atoms with Crippen LogP contribution in [0.4, 0.5) is 0 Å². The van der Waals surface area contributed by atoms with Crippen LogP contribution in [0.2, 0.25) is 0 Å². The number of unbranched alkanes of at least 4 members (excludes halogenated alkanes) is 22. The van der Waals surface area contributed by atoms with E-state index in [-0.39, 0.29) is 132 Å². The maximum Gasteiger partial charge on any atom is 0.100 e. The van der Waals surface area contributed by atoms with Crippen LogP contribution in [0.5, 0.6) is 0 Å². The van der Waals surface area contributed by atoms with Gasteiger partial charge in [0.15, 0.2) is 0 Å². The summed E-state index contributed by atoms with van der Waals surface area (Å²) in [5, 5.41) is 240. The van der Waals surface area contributed by atoms with Crippen molar-refractivity contribution in [2.24, 2.45) is 0 Å². The fraction of sp³-hybridized carbons (Fsp3) is 1.00. The third kappa shape index (κ3) is 149. The highest BCUT2D eigenvalue weighted by Crippen LogP contribution is 2.13. The van der Waals surface area contributed by atoms with Gasteiger partial charge in [0, 0.05) is 13.2 Å². The van der Waals surface area contributed by atoms with E-state index in [0.717, 1.165) is 13.2 Å². The van der Waals surface area contributed by atoms with E-state index in [9.17, 15) is 0 Å². The molecular formula is C58H138O31. The Morgan fingerprint density at radius 3 is 0.326 bits per heavy atom. The van der Waals surface area contributed by atoms with E-state index in [4.69, 9.17) is 158 Å². The molecule has 0 aliphatic carbocycles. The molecule has 0 fully saturated rings. The van der Waals surface area contributed by atoms with Gasteiger partial charge in [-0.1, -0.05) is 155 Å². The number of ether oxygens (including phenoxy) is 1. The Morgan fingerprint density at radius 2 is 0.247 bits per heavy atom. The van der Waals surface area contributed by atoms with Crippen LogP contribution in [0.3, 0.4) is 0 Å². The van der Waals surface area contributed by atoms with E-state index >= 15 is 0 Å². The first-order valence-electron chi connectivity index (χ1n) is 31.1. The summed E-state index contributed by atoms with van der Waals surface area (Å²) in [7, 11) is 0. The molecule has 31 heteroatoms. The Morgan fingerprint density at radius 1 is 0.157 bits per heavy atom. The molecule has 0 saturated heterocycles. The predicted molar refractivity (Wildman–Crippen MR) is 335 cm³/mol. The van der Waals surface area contributed by atoms with Gasteiger partial charge in [0.05, 0.1) is 132 Å². The van der Waals surface area contributed by atoms with Gasteiger partial charge in [-0.25, -0.2) is 0 Å². The minimum atomic E-state index is -0.954. The third-order valence-corrected chi connectivity index (χ3v) is 10.5. The molecule has 0 aliphatic rings. The van der Waals surface area contributed by atoms with Crippen LogP contribution < -0.4 is 0 Å². The molecule has 0 bridgehead atoms. The second kappa shape index (κ2) is 111. The van der Waals surface area contributed by atoms with Gasteiger partial charge in [-0.2, -0.15) is 0 Å². The van der Waals surface area contributed by atoms with Crippen LogP contribution in [-0.2, 0) is 4.74 Å². The molecule has 0 aromatic heterocycles. The zero-order chi connectivity index (χ0) is 71.0. The lowest BCUT2D eigenvalue weighted by molar-refractivity contribution is 0.0450. The molecule has 0 radical (unpaired) electrons. The molecule has 0 unspecified atom stereocenters. The fourth-order valence-corrected chi connectivity index (χ4v) is 4.77. The second-order valence-electron chi connectivity index (χ2n) is 19.6. The summed E-state index contributed by atoms with van der Waals surface area (Å²) in [6.45, 7) is -0.709. The first kappa shape index (κ1) is 112. The molecule has 0 saturated carbocycles. The number of rotatable bonds is 46. The first-order chi connectivity index (χ1) is 42.5. The molecule has 30 N–H and O–H groups in total. The van der Waals surface area contributed by atoms with Crippen molar-refractivity contribution < 1.29 is 158 Å². The van der Waals surface area contributed by atoms with Crippen molar-refractivity contribution in [1.82, 2.24) is 0 Å². The predicted octanol–water partition coefficient (Wildman–Crippen LogP) is -6.28. The van der Waals surface area contributed by atoms with Crippen molar-refractivity contribution in [2.75, 3.05) is 145 Å². The van der Waals surface area contributed by atoms with Gasteiger partial charge in [-0.3, -0.25) is 0 Å². The second-order valence-corrected chi connectivity index (χ2v) is 19.6. The Hall–Kier alpha value is -1.24. The summed E-state index contributed by atoms with van der Waals surface area (Å²) in [5.74, 6) is 0. The molecule has 0 aromatic rings. The lowest BCUT2D eigenvalue weighted by atomic mass is 10.1. The van der Waals surface area contributed by atoms with E-state index < -0.39 is 61.0 Å². The van der Waals surface area contributed by atoms with E-state index in [0.29, 0.717) is 0 Å². The normalized spacial score (nSPS) is 10.4. The maximum absolute atomic E-state index is 8.17. The topological polar surface area (TPSA) is 616 Å². The highest BCUT2D eigenvalue weighted by Gasteiger charge is 2.01. The van der Waals surface area contributed by atoms with Gasteiger partial charge in [0.2, 0.25) is 0 Å². The molecule has 0 aliphatic heterocycles. The van der Waals surface area contributed by atoms with Crippen molar-refractivity contribution >= 4 is 0 Å². The van der Waals surface area contributed by atoms with Crippen molar-refractivity contribution in [1.29, 1.82) is 0 Å². The van der Waals surface area contributed by atoms with Crippen molar-refractivity contribution in [3.8, 4) is 0 Å². The number of aliphatic hydroxyl groups excluding tert-OH is 30. The molecule has 0 amide bonds. The molecule has 89 heavy (non-hydrogen) atoms. The minimum absolute atomic E-state index is 0.365.